The van der Waals surface area contributed by atoms with Crippen LogP contribution in [0, 0.1) is 0 Å². The normalized spacial score (nSPS) is 15.0. The molecule has 6 nitrogen and oxygen atoms in total. The maximum atomic E-state index is 11.8. The Morgan fingerprint density at radius 3 is 2.41 bits per heavy atom. The lowest BCUT2D eigenvalue weighted by Gasteiger charge is -2.17. The van der Waals surface area contributed by atoms with Gasteiger partial charge in [0, 0.05) is 24.3 Å². The number of carbonyl (C=O) groups is 1. The molecule has 114 valence electrons. The van der Waals surface area contributed by atoms with E-state index in [1.54, 1.807) is 29.2 Å². The van der Waals surface area contributed by atoms with E-state index in [1.165, 1.54) is 6.07 Å². The number of nitrogens with two attached hydrogens (primary N) is 1. The van der Waals surface area contributed by atoms with Crippen molar-refractivity contribution in [2.75, 3.05) is 18.0 Å². The zero-order valence-electron chi connectivity index (χ0n) is 11.7. The van der Waals surface area contributed by atoms with Crippen molar-refractivity contribution in [1.29, 1.82) is 0 Å². The molecule has 2 aromatic rings. The number of amides is 2. The van der Waals surface area contributed by atoms with E-state index in [9.17, 15) is 13.2 Å². The van der Waals surface area contributed by atoms with Crippen molar-refractivity contribution < 1.29 is 13.2 Å². The molecule has 0 aromatic heterocycles. The minimum atomic E-state index is -3.85. The van der Waals surface area contributed by atoms with Crippen LogP contribution in [0.3, 0.4) is 0 Å². The van der Waals surface area contributed by atoms with Crippen molar-refractivity contribution in [3.05, 3.63) is 48.5 Å². The van der Waals surface area contributed by atoms with Crippen LogP contribution in [0.25, 0.3) is 11.1 Å². The SMILES string of the molecule is NS(=O)(=O)c1ccc(N2CCNC2=O)cc1-c1ccccc1. The Balaban J connectivity index is 2.17. The minimum Gasteiger partial charge on any atom is -0.336 e. The Labute approximate surface area is 128 Å². The monoisotopic (exact) mass is 317 g/mol. The van der Waals surface area contributed by atoms with Crippen LogP contribution >= 0.6 is 0 Å². The summed E-state index contributed by atoms with van der Waals surface area (Å²) >= 11 is 0. The second-order valence-electron chi connectivity index (χ2n) is 4.98. The number of hydrogen-bond acceptors (Lipinski definition) is 3. The van der Waals surface area contributed by atoms with Gasteiger partial charge in [-0.2, -0.15) is 0 Å². The van der Waals surface area contributed by atoms with Crippen LogP contribution in [0.2, 0.25) is 0 Å². The first kappa shape index (κ1) is 14.6. The number of carbonyl (C=O) groups excluding carboxylic acids is 1. The summed E-state index contributed by atoms with van der Waals surface area (Å²) in [6, 6.07) is 13.6. The van der Waals surface area contributed by atoms with Crippen LogP contribution in [0.1, 0.15) is 0 Å². The lowest BCUT2D eigenvalue weighted by molar-refractivity contribution is 0.252. The number of sulfonamides is 1. The van der Waals surface area contributed by atoms with Crippen molar-refractivity contribution in [3.8, 4) is 11.1 Å². The third-order valence-electron chi connectivity index (χ3n) is 3.52. The molecular formula is C15H15N3O3S. The average Bonchev–Trinajstić information content (AvgIpc) is 2.93. The van der Waals surface area contributed by atoms with E-state index < -0.39 is 10.0 Å². The summed E-state index contributed by atoms with van der Waals surface area (Å²) < 4.78 is 23.6. The van der Waals surface area contributed by atoms with Crippen LogP contribution in [0.15, 0.2) is 53.4 Å². The third-order valence-corrected chi connectivity index (χ3v) is 4.49. The number of urea groups is 1. The zero-order chi connectivity index (χ0) is 15.7. The van der Waals surface area contributed by atoms with Crippen molar-refractivity contribution in [1.82, 2.24) is 5.32 Å². The standard InChI is InChI=1S/C15H15N3O3S/c16-22(20,21)14-7-6-12(18-9-8-17-15(18)19)10-13(14)11-4-2-1-3-5-11/h1-7,10H,8-9H2,(H,17,19)(H2,16,20,21). The fourth-order valence-electron chi connectivity index (χ4n) is 2.50. The molecule has 2 amide bonds. The summed E-state index contributed by atoms with van der Waals surface area (Å²) in [7, 11) is -3.85. The molecule has 3 rings (SSSR count). The number of benzene rings is 2. The fourth-order valence-corrected chi connectivity index (χ4v) is 3.24. The molecule has 3 N–H and O–H groups in total. The molecule has 0 radical (unpaired) electrons. The number of nitrogens with zero attached hydrogens (tertiary/aromatic N) is 1. The Bertz CT molecular complexity index is 819. The highest BCUT2D eigenvalue weighted by Gasteiger charge is 2.23. The van der Waals surface area contributed by atoms with Crippen LogP contribution in [0.4, 0.5) is 10.5 Å². The number of primary sulfonamides is 1. The molecular weight excluding hydrogens is 302 g/mol. The van der Waals surface area contributed by atoms with E-state index in [0.29, 0.717) is 24.3 Å². The van der Waals surface area contributed by atoms with Gasteiger partial charge in [0.15, 0.2) is 0 Å². The van der Waals surface area contributed by atoms with Crippen molar-refractivity contribution >= 4 is 21.7 Å². The lowest BCUT2D eigenvalue weighted by Crippen LogP contribution is -2.27. The lowest BCUT2D eigenvalue weighted by atomic mass is 10.0. The summed E-state index contributed by atoms with van der Waals surface area (Å²) in [4.78, 5) is 13.4. The van der Waals surface area contributed by atoms with Crippen LogP contribution in [-0.4, -0.2) is 27.5 Å². The summed E-state index contributed by atoms with van der Waals surface area (Å²) in [6.07, 6.45) is 0. The van der Waals surface area contributed by atoms with Gasteiger partial charge >= 0.3 is 6.03 Å². The molecule has 0 aliphatic carbocycles. The molecule has 0 bridgehead atoms. The molecule has 1 heterocycles. The van der Waals surface area contributed by atoms with Crippen molar-refractivity contribution in [2.45, 2.75) is 4.90 Å². The second kappa shape index (κ2) is 5.43. The molecule has 1 aliphatic heterocycles. The Morgan fingerprint density at radius 1 is 1.09 bits per heavy atom. The predicted molar refractivity (Wildman–Crippen MR) is 84.0 cm³/mol. The van der Waals surface area contributed by atoms with Gasteiger partial charge in [0.25, 0.3) is 0 Å². The van der Waals surface area contributed by atoms with E-state index in [2.05, 4.69) is 5.32 Å². The first-order valence-electron chi connectivity index (χ1n) is 6.74. The Morgan fingerprint density at radius 2 is 1.82 bits per heavy atom. The summed E-state index contributed by atoms with van der Waals surface area (Å²) in [5.41, 5.74) is 1.86. The van der Waals surface area contributed by atoms with Crippen molar-refractivity contribution in [3.63, 3.8) is 0 Å². The molecule has 7 heteroatoms. The third kappa shape index (κ3) is 2.68. The molecule has 1 saturated heterocycles. The molecule has 2 aromatic carbocycles. The van der Waals surface area contributed by atoms with E-state index in [4.69, 9.17) is 5.14 Å². The van der Waals surface area contributed by atoms with Crippen LogP contribution in [0.5, 0.6) is 0 Å². The number of anilines is 1. The van der Waals surface area contributed by atoms with Gasteiger partial charge in [-0.05, 0) is 23.8 Å². The first-order chi connectivity index (χ1) is 10.5. The maximum Gasteiger partial charge on any atom is 0.321 e. The summed E-state index contributed by atoms with van der Waals surface area (Å²) in [5.74, 6) is 0. The summed E-state index contributed by atoms with van der Waals surface area (Å²) in [6.45, 7) is 1.11. The van der Waals surface area contributed by atoms with Crippen LogP contribution < -0.4 is 15.4 Å². The van der Waals surface area contributed by atoms with E-state index in [1.807, 2.05) is 18.2 Å². The predicted octanol–water partition coefficient (Wildman–Crippen LogP) is 1.53. The highest BCUT2D eigenvalue weighted by molar-refractivity contribution is 7.89. The quantitative estimate of drug-likeness (QED) is 0.899. The number of hydrogen-bond donors (Lipinski definition) is 2. The van der Waals surface area contributed by atoms with Crippen molar-refractivity contribution in [2.24, 2.45) is 5.14 Å². The minimum absolute atomic E-state index is 0.0436. The maximum absolute atomic E-state index is 11.8. The molecule has 0 spiro atoms. The number of rotatable bonds is 3. The molecule has 1 aliphatic rings. The van der Waals surface area contributed by atoms with E-state index in [-0.39, 0.29) is 10.9 Å². The van der Waals surface area contributed by atoms with Gasteiger partial charge in [-0.3, -0.25) is 4.90 Å². The van der Waals surface area contributed by atoms with E-state index in [0.717, 1.165) is 5.56 Å². The van der Waals surface area contributed by atoms with Gasteiger partial charge in [-0.15, -0.1) is 0 Å². The van der Waals surface area contributed by atoms with Gasteiger partial charge < -0.3 is 5.32 Å². The molecule has 1 fully saturated rings. The molecule has 0 atom stereocenters. The molecule has 0 unspecified atom stereocenters. The first-order valence-corrected chi connectivity index (χ1v) is 8.29. The average molecular weight is 317 g/mol. The Kier molecular flexibility index (Phi) is 3.59. The van der Waals surface area contributed by atoms with Gasteiger partial charge in [-0.25, -0.2) is 18.4 Å². The summed E-state index contributed by atoms with van der Waals surface area (Å²) in [5, 5.41) is 8.02. The molecule has 22 heavy (non-hydrogen) atoms. The van der Waals surface area contributed by atoms with Gasteiger partial charge in [0.1, 0.15) is 0 Å². The smallest absolute Gasteiger partial charge is 0.321 e. The zero-order valence-corrected chi connectivity index (χ0v) is 12.5. The van der Waals surface area contributed by atoms with Gasteiger partial charge in [-0.1, -0.05) is 30.3 Å². The largest absolute Gasteiger partial charge is 0.336 e. The Hall–Kier alpha value is -2.38. The van der Waals surface area contributed by atoms with Gasteiger partial charge in [0.2, 0.25) is 10.0 Å². The highest BCUT2D eigenvalue weighted by atomic mass is 32.2. The fraction of sp³-hybridized carbons (Fsp3) is 0.133. The number of nitrogens with one attached hydrogen (secondary N) is 1. The van der Waals surface area contributed by atoms with E-state index >= 15 is 0 Å². The molecule has 0 saturated carbocycles. The van der Waals surface area contributed by atoms with Gasteiger partial charge in [0.05, 0.1) is 4.90 Å². The highest BCUT2D eigenvalue weighted by Crippen LogP contribution is 2.31. The van der Waals surface area contributed by atoms with Crippen LogP contribution in [-0.2, 0) is 10.0 Å². The second-order valence-corrected chi connectivity index (χ2v) is 6.50. The topological polar surface area (TPSA) is 92.5 Å².